The fourth-order valence-corrected chi connectivity index (χ4v) is 2.29. The Morgan fingerprint density at radius 1 is 1.19 bits per heavy atom. The zero-order valence-corrected chi connectivity index (χ0v) is 11.3. The summed E-state index contributed by atoms with van der Waals surface area (Å²) in [6.45, 7) is 0. The standard InChI is InChI=1S/C12H10N2O6S/c13-9-6-12(21(17,18)19)10(14(15)16)7-11(9)20-8-4-2-1-3-5-8/h1-7H,13H2,(H,17,18,19). The second kappa shape index (κ2) is 5.38. The fourth-order valence-electron chi connectivity index (χ4n) is 1.62. The molecule has 0 unspecified atom stereocenters. The highest BCUT2D eigenvalue weighted by Gasteiger charge is 2.26. The van der Waals surface area contributed by atoms with Crippen molar-refractivity contribution in [2.24, 2.45) is 0 Å². The number of anilines is 1. The van der Waals surface area contributed by atoms with Gasteiger partial charge in [0.05, 0.1) is 16.7 Å². The number of para-hydroxylation sites is 1. The summed E-state index contributed by atoms with van der Waals surface area (Å²) >= 11 is 0. The van der Waals surface area contributed by atoms with Gasteiger partial charge in [-0.2, -0.15) is 8.42 Å². The third-order valence-corrected chi connectivity index (χ3v) is 3.42. The van der Waals surface area contributed by atoms with Gasteiger partial charge in [-0.25, -0.2) is 0 Å². The molecule has 3 N–H and O–H groups in total. The Morgan fingerprint density at radius 2 is 1.81 bits per heavy atom. The van der Waals surface area contributed by atoms with Crippen LogP contribution in [0.2, 0.25) is 0 Å². The van der Waals surface area contributed by atoms with Gasteiger partial charge in [-0.1, -0.05) is 18.2 Å². The Balaban J connectivity index is 2.55. The third kappa shape index (κ3) is 3.27. The lowest BCUT2D eigenvalue weighted by molar-refractivity contribution is -0.387. The van der Waals surface area contributed by atoms with Gasteiger partial charge in [0, 0.05) is 0 Å². The molecule has 8 nitrogen and oxygen atoms in total. The summed E-state index contributed by atoms with van der Waals surface area (Å²) in [5, 5.41) is 10.9. The van der Waals surface area contributed by atoms with Gasteiger partial charge in [-0.3, -0.25) is 14.7 Å². The van der Waals surface area contributed by atoms with Crippen molar-refractivity contribution in [3.8, 4) is 11.5 Å². The summed E-state index contributed by atoms with van der Waals surface area (Å²) < 4.78 is 36.6. The molecule has 0 fully saturated rings. The SMILES string of the molecule is Nc1cc(S(=O)(=O)O)c([N+](=O)[O-])cc1Oc1ccccc1. The monoisotopic (exact) mass is 310 g/mol. The van der Waals surface area contributed by atoms with Crippen LogP contribution in [0.25, 0.3) is 0 Å². The maximum absolute atomic E-state index is 11.1. The summed E-state index contributed by atoms with van der Waals surface area (Å²) in [5.41, 5.74) is 4.63. The van der Waals surface area contributed by atoms with Crippen molar-refractivity contribution in [1.29, 1.82) is 0 Å². The second-order valence-electron chi connectivity index (χ2n) is 4.01. The number of benzene rings is 2. The minimum absolute atomic E-state index is 0.0831. The lowest BCUT2D eigenvalue weighted by atomic mass is 10.2. The van der Waals surface area contributed by atoms with Gasteiger partial charge in [0.15, 0.2) is 10.6 Å². The maximum Gasteiger partial charge on any atom is 0.301 e. The minimum Gasteiger partial charge on any atom is -0.455 e. The number of nitrogens with two attached hydrogens (primary N) is 1. The normalized spacial score (nSPS) is 11.1. The maximum atomic E-state index is 11.1. The number of rotatable bonds is 4. The van der Waals surface area contributed by atoms with Gasteiger partial charge >= 0.3 is 10.1 Å². The van der Waals surface area contributed by atoms with E-state index in [1.165, 1.54) is 0 Å². The molecule has 0 amide bonds. The smallest absolute Gasteiger partial charge is 0.301 e. The molecular formula is C12H10N2O6S. The van der Waals surface area contributed by atoms with E-state index < -0.39 is 25.6 Å². The van der Waals surface area contributed by atoms with E-state index >= 15 is 0 Å². The second-order valence-corrected chi connectivity index (χ2v) is 5.40. The molecule has 2 rings (SSSR count). The van der Waals surface area contributed by atoms with Crippen LogP contribution >= 0.6 is 0 Å². The van der Waals surface area contributed by atoms with Crippen LogP contribution in [0.5, 0.6) is 11.5 Å². The molecule has 0 aromatic heterocycles. The summed E-state index contributed by atoms with van der Waals surface area (Å²) in [6, 6.07) is 9.96. The Labute approximate surface area is 119 Å². The first-order chi connectivity index (χ1) is 9.79. The highest BCUT2D eigenvalue weighted by atomic mass is 32.2. The van der Waals surface area contributed by atoms with Crippen LogP contribution in [0, 0.1) is 10.1 Å². The lowest BCUT2D eigenvalue weighted by Gasteiger charge is -2.09. The van der Waals surface area contributed by atoms with Crippen molar-refractivity contribution in [2.75, 3.05) is 5.73 Å². The van der Waals surface area contributed by atoms with E-state index in [0.717, 1.165) is 12.1 Å². The van der Waals surface area contributed by atoms with E-state index in [4.69, 9.17) is 15.0 Å². The summed E-state index contributed by atoms with van der Waals surface area (Å²) in [5.74, 6) is 0.290. The fraction of sp³-hybridized carbons (Fsp3) is 0. The topological polar surface area (TPSA) is 133 Å². The van der Waals surface area contributed by atoms with Crippen LogP contribution in [0.3, 0.4) is 0 Å². The first-order valence-electron chi connectivity index (χ1n) is 5.57. The van der Waals surface area contributed by atoms with Crippen molar-refractivity contribution in [1.82, 2.24) is 0 Å². The average Bonchev–Trinajstić information content (AvgIpc) is 2.40. The van der Waals surface area contributed by atoms with Crippen LogP contribution in [-0.4, -0.2) is 17.9 Å². The lowest BCUT2D eigenvalue weighted by Crippen LogP contribution is -2.05. The van der Waals surface area contributed by atoms with Crippen molar-refractivity contribution >= 4 is 21.5 Å². The van der Waals surface area contributed by atoms with Crippen molar-refractivity contribution in [2.45, 2.75) is 4.90 Å². The Hall–Kier alpha value is -2.65. The van der Waals surface area contributed by atoms with Gasteiger partial charge in [-0.15, -0.1) is 0 Å². The van der Waals surface area contributed by atoms with Crippen molar-refractivity contribution < 1.29 is 22.6 Å². The first kappa shape index (κ1) is 14.8. The predicted molar refractivity (Wildman–Crippen MR) is 73.8 cm³/mol. The van der Waals surface area contributed by atoms with Crippen LogP contribution in [0.1, 0.15) is 0 Å². The quantitative estimate of drug-likeness (QED) is 0.383. The molecular weight excluding hydrogens is 300 g/mol. The summed E-state index contributed by atoms with van der Waals surface area (Å²) in [7, 11) is -4.77. The van der Waals surface area contributed by atoms with Gasteiger partial charge in [0.2, 0.25) is 0 Å². The number of hydrogen-bond acceptors (Lipinski definition) is 6. The Kier molecular flexibility index (Phi) is 3.78. The molecule has 21 heavy (non-hydrogen) atoms. The number of nitrogens with zero attached hydrogens (tertiary/aromatic N) is 1. The molecule has 0 radical (unpaired) electrons. The molecule has 0 aliphatic carbocycles. The number of nitro benzene ring substituents is 1. The molecule has 9 heteroatoms. The third-order valence-electron chi connectivity index (χ3n) is 2.54. The van der Waals surface area contributed by atoms with Crippen LogP contribution < -0.4 is 10.5 Å². The van der Waals surface area contributed by atoms with Gasteiger partial charge < -0.3 is 10.5 Å². The molecule has 0 saturated heterocycles. The largest absolute Gasteiger partial charge is 0.455 e. The predicted octanol–water partition coefficient (Wildman–Crippen LogP) is 2.22. The highest BCUT2D eigenvalue weighted by molar-refractivity contribution is 7.86. The molecule has 0 heterocycles. The van der Waals surface area contributed by atoms with Crippen LogP contribution in [-0.2, 0) is 10.1 Å². The van der Waals surface area contributed by atoms with Crippen LogP contribution in [0.4, 0.5) is 11.4 Å². The van der Waals surface area contributed by atoms with Crippen molar-refractivity contribution in [3.05, 3.63) is 52.6 Å². The van der Waals surface area contributed by atoms with E-state index in [0.29, 0.717) is 5.75 Å². The number of nitro groups is 1. The van der Waals surface area contributed by atoms with Crippen molar-refractivity contribution in [3.63, 3.8) is 0 Å². The molecule has 0 aliphatic rings. The van der Waals surface area contributed by atoms with E-state index in [1.807, 2.05) is 0 Å². The van der Waals surface area contributed by atoms with E-state index in [9.17, 15) is 18.5 Å². The number of nitrogen functional groups attached to an aromatic ring is 1. The van der Waals surface area contributed by atoms with E-state index in [-0.39, 0.29) is 11.4 Å². The van der Waals surface area contributed by atoms with Gasteiger partial charge in [-0.05, 0) is 18.2 Å². The van der Waals surface area contributed by atoms with E-state index in [1.54, 1.807) is 30.3 Å². The molecule has 0 atom stereocenters. The molecule has 0 aliphatic heterocycles. The molecule has 0 saturated carbocycles. The van der Waals surface area contributed by atoms with Crippen LogP contribution in [0.15, 0.2) is 47.4 Å². The Bertz CT molecular complexity index is 789. The molecule has 0 bridgehead atoms. The zero-order valence-electron chi connectivity index (χ0n) is 10.5. The summed E-state index contributed by atoms with van der Waals surface area (Å²) in [4.78, 5) is 9.09. The Morgan fingerprint density at radius 3 is 2.33 bits per heavy atom. The summed E-state index contributed by atoms with van der Waals surface area (Å²) in [6.07, 6.45) is 0. The first-order valence-corrected chi connectivity index (χ1v) is 7.01. The number of hydrogen-bond donors (Lipinski definition) is 2. The highest BCUT2D eigenvalue weighted by Crippen LogP contribution is 2.35. The molecule has 2 aromatic rings. The average molecular weight is 310 g/mol. The molecule has 110 valence electrons. The minimum atomic E-state index is -4.77. The molecule has 2 aromatic carbocycles. The van der Waals surface area contributed by atoms with Gasteiger partial charge in [0.1, 0.15) is 5.75 Å². The number of ether oxygens (including phenoxy) is 1. The van der Waals surface area contributed by atoms with Gasteiger partial charge in [0.25, 0.3) is 5.69 Å². The van der Waals surface area contributed by atoms with E-state index in [2.05, 4.69) is 0 Å². The zero-order chi connectivity index (χ0) is 15.6. The molecule has 0 spiro atoms.